The van der Waals surface area contributed by atoms with Crippen LogP contribution >= 0.6 is 0 Å². The fourth-order valence-electron chi connectivity index (χ4n) is 1.88. The van der Waals surface area contributed by atoms with E-state index in [2.05, 4.69) is 10.3 Å². The Bertz CT molecular complexity index is 763. The molecule has 8 nitrogen and oxygen atoms in total. The fourth-order valence-corrected chi connectivity index (χ4v) is 1.88. The summed E-state index contributed by atoms with van der Waals surface area (Å²) < 4.78 is 0. The molecule has 0 radical (unpaired) electrons. The predicted molar refractivity (Wildman–Crippen MR) is 78.7 cm³/mol. The molecule has 0 spiro atoms. The highest BCUT2D eigenvalue weighted by Crippen LogP contribution is 2.24. The normalized spacial score (nSPS) is 11.4. The van der Waals surface area contributed by atoms with Gasteiger partial charge in [0.25, 0.3) is 11.6 Å². The number of amides is 1. The van der Waals surface area contributed by atoms with Crippen LogP contribution in [0.1, 0.15) is 24.2 Å². The van der Waals surface area contributed by atoms with Crippen LogP contribution in [0.15, 0.2) is 24.4 Å². The quantitative estimate of drug-likeness (QED) is 0.574. The molecule has 1 amide bonds. The van der Waals surface area contributed by atoms with Gasteiger partial charge < -0.3 is 15.4 Å². The summed E-state index contributed by atoms with van der Waals surface area (Å²) in [6.07, 6.45) is 1.44. The lowest BCUT2D eigenvalue weighted by molar-refractivity contribution is -0.384. The zero-order valence-electron chi connectivity index (χ0n) is 12.0. The van der Waals surface area contributed by atoms with Gasteiger partial charge in [0.15, 0.2) is 0 Å². The van der Waals surface area contributed by atoms with E-state index in [1.165, 1.54) is 38.2 Å². The van der Waals surface area contributed by atoms with Crippen LogP contribution in [-0.2, 0) is 4.79 Å². The SMILES string of the molecule is CC(C)(CNC(=O)c1c[nH]c2ccc([N+](=O)[O-])cc12)C(=O)O. The Morgan fingerprint density at radius 2 is 2.09 bits per heavy atom. The number of non-ortho nitro benzene ring substituents is 1. The van der Waals surface area contributed by atoms with E-state index >= 15 is 0 Å². The number of H-pyrrole nitrogens is 1. The van der Waals surface area contributed by atoms with Crippen LogP contribution in [0.5, 0.6) is 0 Å². The summed E-state index contributed by atoms with van der Waals surface area (Å²) in [7, 11) is 0. The van der Waals surface area contributed by atoms with Gasteiger partial charge in [-0.3, -0.25) is 19.7 Å². The number of aliphatic carboxylic acids is 1. The minimum absolute atomic E-state index is 0.0528. The topological polar surface area (TPSA) is 125 Å². The molecule has 3 N–H and O–H groups in total. The minimum atomic E-state index is -1.10. The maximum Gasteiger partial charge on any atom is 0.310 e. The number of hydrogen-bond acceptors (Lipinski definition) is 4. The Morgan fingerprint density at radius 1 is 1.41 bits per heavy atom. The number of nitro benzene ring substituents is 1. The molecule has 0 fully saturated rings. The molecule has 1 aromatic carbocycles. The number of aromatic nitrogens is 1. The van der Waals surface area contributed by atoms with Gasteiger partial charge in [0, 0.05) is 35.8 Å². The van der Waals surface area contributed by atoms with Gasteiger partial charge in [0.2, 0.25) is 0 Å². The Morgan fingerprint density at radius 3 is 2.68 bits per heavy atom. The van der Waals surface area contributed by atoms with Crippen molar-refractivity contribution < 1.29 is 19.6 Å². The molecule has 0 atom stereocenters. The molecule has 0 unspecified atom stereocenters. The molecular weight excluding hydrogens is 290 g/mol. The molecule has 0 saturated heterocycles. The number of carbonyl (C=O) groups is 2. The van der Waals surface area contributed by atoms with Crippen molar-refractivity contribution >= 4 is 28.5 Å². The first-order valence-corrected chi connectivity index (χ1v) is 6.49. The Balaban J connectivity index is 2.27. The zero-order valence-corrected chi connectivity index (χ0v) is 12.0. The van der Waals surface area contributed by atoms with E-state index in [1.54, 1.807) is 0 Å². The van der Waals surface area contributed by atoms with Gasteiger partial charge in [0.1, 0.15) is 0 Å². The standard InChI is InChI=1S/C14H15N3O5/c1-14(2,13(19)20)7-16-12(18)10-6-15-11-4-3-8(17(21)22)5-9(10)11/h3-6,15H,7H2,1-2H3,(H,16,18)(H,19,20). The first-order chi connectivity index (χ1) is 10.2. The summed E-state index contributed by atoms with van der Waals surface area (Å²) in [6.45, 7) is 2.94. The van der Waals surface area contributed by atoms with Crippen LogP contribution in [-0.4, -0.2) is 33.4 Å². The van der Waals surface area contributed by atoms with E-state index in [0.29, 0.717) is 10.9 Å². The molecule has 0 aliphatic rings. The molecule has 1 heterocycles. The molecule has 0 bridgehead atoms. The van der Waals surface area contributed by atoms with Crippen LogP contribution in [0.2, 0.25) is 0 Å². The fraction of sp³-hybridized carbons (Fsp3) is 0.286. The predicted octanol–water partition coefficient (Wildman–Crippen LogP) is 1.92. The number of carboxylic acid groups (broad SMARTS) is 1. The highest BCUT2D eigenvalue weighted by molar-refractivity contribution is 6.07. The van der Waals surface area contributed by atoms with Gasteiger partial charge in [-0.15, -0.1) is 0 Å². The number of nitrogens with zero attached hydrogens (tertiary/aromatic N) is 1. The van der Waals surface area contributed by atoms with Crippen LogP contribution < -0.4 is 5.32 Å². The van der Waals surface area contributed by atoms with Crippen molar-refractivity contribution in [2.45, 2.75) is 13.8 Å². The van der Waals surface area contributed by atoms with E-state index in [0.717, 1.165) is 0 Å². The summed E-state index contributed by atoms with van der Waals surface area (Å²) >= 11 is 0. The van der Waals surface area contributed by atoms with Crippen molar-refractivity contribution in [2.75, 3.05) is 6.54 Å². The summed E-state index contributed by atoms with van der Waals surface area (Å²) in [6, 6.07) is 4.17. The van der Waals surface area contributed by atoms with Gasteiger partial charge in [-0.1, -0.05) is 0 Å². The van der Waals surface area contributed by atoms with Gasteiger partial charge in [-0.05, 0) is 19.9 Å². The average Bonchev–Trinajstić information content (AvgIpc) is 2.87. The van der Waals surface area contributed by atoms with Gasteiger partial charge in [0.05, 0.1) is 15.9 Å². The van der Waals surface area contributed by atoms with E-state index in [-0.39, 0.29) is 17.8 Å². The van der Waals surface area contributed by atoms with Crippen LogP contribution in [0.3, 0.4) is 0 Å². The number of aromatic amines is 1. The molecule has 0 aliphatic heterocycles. The largest absolute Gasteiger partial charge is 0.481 e. The number of fused-ring (bicyclic) bond motifs is 1. The summed E-state index contributed by atoms with van der Waals surface area (Å²) in [5, 5.41) is 22.8. The molecule has 8 heteroatoms. The first kappa shape index (κ1) is 15.5. The lowest BCUT2D eigenvalue weighted by Gasteiger charge is -2.19. The van der Waals surface area contributed by atoms with Crippen molar-refractivity contribution in [3.63, 3.8) is 0 Å². The second-order valence-corrected chi connectivity index (χ2v) is 5.56. The molecule has 0 aliphatic carbocycles. The summed E-state index contributed by atoms with van der Waals surface area (Å²) in [4.78, 5) is 36.3. The molecule has 116 valence electrons. The van der Waals surface area contributed by atoms with E-state index in [4.69, 9.17) is 5.11 Å². The molecule has 1 aromatic heterocycles. The third-order valence-electron chi connectivity index (χ3n) is 3.39. The second kappa shape index (κ2) is 5.47. The number of carbonyl (C=O) groups excluding carboxylic acids is 1. The maximum absolute atomic E-state index is 12.2. The highest BCUT2D eigenvalue weighted by Gasteiger charge is 2.28. The number of nitrogens with one attached hydrogen (secondary N) is 2. The first-order valence-electron chi connectivity index (χ1n) is 6.49. The van der Waals surface area contributed by atoms with Gasteiger partial charge in [-0.2, -0.15) is 0 Å². The van der Waals surface area contributed by atoms with Crippen molar-refractivity contribution in [3.8, 4) is 0 Å². The Kier molecular flexibility index (Phi) is 3.85. The van der Waals surface area contributed by atoms with Crippen molar-refractivity contribution in [3.05, 3.63) is 40.1 Å². The zero-order chi connectivity index (χ0) is 16.5. The molecule has 2 rings (SSSR count). The average molecular weight is 305 g/mol. The van der Waals surface area contributed by atoms with Gasteiger partial charge >= 0.3 is 5.97 Å². The Hall–Kier alpha value is -2.90. The summed E-state index contributed by atoms with van der Waals surface area (Å²) in [5.41, 5.74) is -0.395. The third kappa shape index (κ3) is 2.90. The van der Waals surface area contributed by atoms with E-state index < -0.39 is 22.2 Å². The number of benzene rings is 1. The van der Waals surface area contributed by atoms with Crippen LogP contribution in [0, 0.1) is 15.5 Å². The lowest BCUT2D eigenvalue weighted by atomic mass is 9.94. The van der Waals surface area contributed by atoms with E-state index in [1.807, 2.05) is 0 Å². The number of rotatable bonds is 5. The molecular formula is C14H15N3O5. The summed E-state index contributed by atoms with van der Waals surface area (Å²) in [5.74, 6) is -1.51. The lowest BCUT2D eigenvalue weighted by Crippen LogP contribution is -2.38. The van der Waals surface area contributed by atoms with Crippen molar-refractivity contribution in [1.82, 2.24) is 10.3 Å². The van der Waals surface area contributed by atoms with Gasteiger partial charge in [-0.25, -0.2) is 0 Å². The monoisotopic (exact) mass is 305 g/mol. The smallest absolute Gasteiger partial charge is 0.310 e. The number of hydrogen-bond donors (Lipinski definition) is 3. The van der Waals surface area contributed by atoms with Crippen LogP contribution in [0.4, 0.5) is 5.69 Å². The third-order valence-corrected chi connectivity index (χ3v) is 3.39. The Labute approximate surface area is 125 Å². The van der Waals surface area contributed by atoms with Crippen molar-refractivity contribution in [2.24, 2.45) is 5.41 Å². The molecule has 0 saturated carbocycles. The number of carboxylic acids is 1. The van der Waals surface area contributed by atoms with Crippen molar-refractivity contribution in [1.29, 1.82) is 0 Å². The highest BCUT2D eigenvalue weighted by atomic mass is 16.6. The van der Waals surface area contributed by atoms with Crippen LogP contribution in [0.25, 0.3) is 10.9 Å². The second-order valence-electron chi connectivity index (χ2n) is 5.56. The number of nitro groups is 1. The minimum Gasteiger partial charge on any atom is -0.481 e. The molecule has 22 heavy (non-hydrogen) atoms. The maximum atomic E-state index is 12.2. The van der Waals surface area contributed by atoms with E-state index in [9.17, 15) is 19.7 Å². The molecule has 2 aromatic rings.